The molecule has 33 heavy (non-hydrogen) atoms. The van der Waals surface area contributed by atoms with Crippen LogP contribution in [0.25, 0.3) is 22.2 Å². The van der Waals surface area contributed by atoms with Crippen molar-refractivity contribution < 1.29 is 23.1 Å². The molecular weight excluding hydrogens is 430 g/mol. The highest BCUT2D eigenvalue weighted by molar-refractivity contribution is 5.99. The van der Waals surface area contributed by atoms with Crippen molar-refractivity contribution in [1.29, 1.82) is 0 Å². The van der Waals surface area contributed by atoms with Gasteiger partial charge in [0.15, 0.2) is 5.69 Å². The Morgan fingerprint density at radius 2 is 1.76 bits per heavy atom. The third-order valence-corrected chi connectivity index (χ3v) is 5.23. The van der Waals surface area contributed by atoms with Crippen LogP contribution in [0, 0.1) is 11.6 Å². The van der Waals surface area contributed by atoms with Crippen LogP contribution in [0.3, 0.4) is 0 Å². The summed E-state index contributed by atoms with van der Waals surface area (Å²) < 4.78 is 31.8. The Labute approximate surface area is 188 Å². The lowest BCUT2D eigenvalue weighted by molar-refractivity contribution is -0.141. The van der Waals surface area contributed by atoms with Gasteiger partial charge in [-0.15, -0.1) is 0 Å². The van der Waals surface area contributed by atoms with Crippen LogP contribution in [-0.4, -0.2) is 51.9 Å². The molecule has 4 rings (SSSR count). The predicted molar refractivity (Wildman–Crippen MR) is 117 cm³/mol. The molecule has 2 heterocycles. The number of carbonyl (C=O) groups excluding carboxylic acids is 2. The lowest BCUT2D eigenvalue weighted by Crippen LogP contribution is -2.38. The Kier molecular flexibility index (Phi) is 6.39. The van der Waals surface area contributed by atoms with E-state index in [1.165, 1.54) is 60.8 Å². The van der Waals surface area contributed by atoms with Gasteiger partial charge < -0.3 is 14.6 Å². The van der Waals surface area contributed by atoms with E-state index >= 15 is 0 Å². The van der Waals surface area contributed by atoms with Crippen LogP contribution in [0.2, 0.25) is 0 Å². The van der Waals surface area contributed by atoms with Crippen LogP contribution in [0.5, 0.6) is 0 Å². The molecule has 0 bridgehead atoms. The van der Waals surface area contributed by atoms with Crippen molar-refractivity contribution in [3.63, 3.8) is 0 Å². The number of halogens is 2. The summed E-state index contributed by atoms with van der Waals surface area (Å²) in [4.78, 5) is 38.2. The standard InChI is InChI=1S/C24H20F2N4O3/c1-33-21(31)14-30(11-8-16-13-29-20-7-6-18(26)12-19(16)20)24(32)23-22(27-9-10-28-23)15-2-4-17(25)5-3-15/h2-7,9-10,12-13,29H,8,11,14H2,1H3. The maximum atomic E-state index is 13.7. The van der Waals surface area contributed by atoms with Gasteiger partial charge >= 0.3 is 5.97 Å². The minimum absolute atomic E-state index is 0.0259. The third kappa shape index (κ3) is 4.87. The summed E-state index contributed by atoms with van der Waals surface area (Å²) in [5.74, 6) is -1.91. The van der Waals surface area contributed by atoms with Gasteiger partial charge in [0.2, 0.25) is 0 Å². The highest BCUT2D eigenvalue weighted by Gasteiger charge is 2.24. The maximum absolute atomic E-state index is 13.7. The highest BCUT2D eigenvalue weighted by atomic mass is 19.1. The van der Waals surface area contributed by atoms with E-state index in [1.807, 2.05) is 0 Å². The van der Waals surface area contributed by atoms with Crippen molar-refractivity contribution in [3.8, 4) is 11.3 Å². The lowest BCUT2D eigenvalue weighted by Gasteiger charge is -2.22. The number of benzene rings is 2. The largest absolute Gasteiger partial charge is 0.468 e. The Bertz CT molecular complexity index is 1300. The second kappa shape index (κ2) is 9.56. The van der Waals surface area contributed by atoms with Crippen molar-refractivity contribution in [1.82, 2.24) is 19.9 Å². The summed E-state index contributed by atoms with van der Waals surface area (Å²) >= 11 is 0. The molecule has 0 aliphatic carbocycles. The van der Waals surface area contributed by atoms with Crippen LogP contribution in [-0.2, 0) is 16.0 Å². The quantitative estimate of drug-likeness (QED) is 0.433. The average molecular weight is 450 g/mol. The molecule has 0 saturated heterocycles. The first-order valence-electron chi connectivity index (χ1n) is 10.1. The van der Waals surface area contributed by atoms with Crippen LogP contribution >= 0.6 is 0 Å². The maximum Gasteiger partial charge on any atom is 0.325 e. The summed E-state index contributed by atoms with van der Waals surface area (Å²) in [5, 5.41) is 0.701. The number of aromatic amines is 1. The first-order valence-corrected chi connectivity index (χ1v) is 10.1. The molecule has 0 atom stereocenters. The van der Waals surface area contributed by atoms with Gasteiger partial charge in [0.1, 0.15) is 23.9 Å². The molecule has 0 aliphatic rings. The van der Waals surface area contributed by atoms with E-state index < -0.39 is 17.7 Å². The van der Waals surface area contributed by atoms with Gasteiger partial charge in [0.25, 0.3) is 5.91 Å². The molecule has 0 radical (unpaired) electrons. The number of hydrogen-bond donors (Lipinski definition) is 1. The van der Waals surface area contributed by atoms with Crippen LogP contribution in [0.15, 0.2) is 61.1 Å². The minimum Gasteiger partial charge on any atom is -0.468 e. The van der Waals surface area contributed by atoms with Crippen molar-refractivity contribution in [2.45, 2.75) is 6.42 Å². The zero-order valence-electron chi connectivity index (χ0n) is 17.7. The van der Waals surface area contributed by atoms with Crippen molar-refractivity contribution in [3.05, 3.63) is 83.9 Å². The lowest BCUT2D eigenvalue weighted by atomic mass is 10.1. The fourth-order valence-electron chi connectivity index (χ4n) is 3.55. The smallest absolute Gasteiger partial charge is 0.325 e. The molecule has 0 aliphatic heterocycles. The number of nitrogens with zero attached hydrogens (tertiary/aromatic N) is 3. The fraction of sp³-hybridized carbons (Fsp3) is 0.167. The van der Waals surface area contributed by atoms with Crippen molar-refractivity contribution >= 4 is 22.8 Å². The summed E-state index contributed by atoms with van der Waals surface area (Å²) in [5.41, 5.74) is 2.37. The Morgan fingerprint density at radius 1 is 1.03 bits per heavy atom. The molecule has 0 fully saturated rings. The molecule has 9 heteroatoms. The van der Waals surface area contributed by atoms with E-state index in [1.54, 1.807) is 12.3 Å². The first kappa shape index (κ1) is 22.1. The SMILES string of the molecule is COC(=O)CN(CCc1c[nH]c2ccc(F)cc12)C(=O)c1nccnc1-c1ccc(F)cc1. The fourth-order valence-corrected chi connectivity index (χ4v) is 3.55. The number of ether oxygens (including phenoxy) is 1. The molecule has 0 spiro atoms. The number of fused-ring (bicyclic) bond motifs is 1. The molecule has 2 aromatic heterocycles. The van der Waals surface area contributed by atoms with E-state index in [2.05, 4.69) is 15.0 Å². The monoisotopic (exact) mass is 450 g/mol. The summed E-state index contributed by atoms with van der Waals surface area (Å²) in [6.07, 6.45) is 4.91. The first-order chi connectivity index (χ1) is 16.0. The Hall–Kier alpha value is -4.14. The van der Waals surface area contributed by atoms with Gasteiger partial charge in [0.05, 0.1) is 7.11 Å². The summed E-state index contributed by atoms with van der Waals surface area (Å²) in [6, 6.07) is 9.95. The normalized spacial score (nSPS) is 10.9. The van der Waals surface area contributed by atoms with E-state index in [0.29, 0.717) is 17.4 Å². The van der Waals surface area contributed by atoms with Gasteiger partial charge in [0, 0.05) is 41.6 Å². The highest BCUT2D eigenvalue weighted by Crippen LogP contribution is 2.23. The molecule has 0 unspecified atom stereocenters. The number of nitrogens with one attached hydrogen (secondary N) is 1. The van der Waals surface area contributed by atoms with Gasteiger partial charge in [-0.25, -0.2) is 13.8 Å². The zero-order valence-corrected chi connectivity index (χ0v) is 17.7. The minimum atomic E-state index is -0.597. The van der Waals surface area contributed by atoms with Gasteiger partial charge in [-0.3, -0.25) is 14.6 Å². The number of aromatic nitrogens is 3. The van der Waals surface area contributed by atoms with Crippen LogP contribution in [0.1, 0.15) is 16.1 Å². The predicted octanol–water partition coefficient (Wildman–Crippen LogP) is 3.76. The molecule has 1 N–H and O–H groups in total. The molecule has 7 nitrogen and oxygen atoms in total. The summed E-state index contributed by atoms with van der Waals surface area (Å²) in [6.45, 7) is -0.150. The van der Waals surface area contributed by atoms with Gasteiger partial charge in [-0.2, -0.15) is 0 Å². The van der Waals surface area contributed by atoms with E-state index in [0.717, 1.165) is 11.1 Å². The van der Waals surface area contributed by atoms with E-state index in [9.17, 15) is 18.4 Å². The zero-order chi connectivity index (χ0) is 23.4. The number of hydrogen-bond acceptors (Lipinski definition) is 5. The molecule has 2 aromatic carbocycles. The molecule has 0 saturated carbocycles. The second-order valence-corrected chi connectivity index (χ2v) is 7.32. The topological polar surface area (TPSA) is 88.2 Å². The van der Waals surface area contributed by atoms with E-state index in [4.69, 9.17) is 4.74 Å². The second-order valence-electron chi connectivity index (χ2n) is 7.32. The molecule has 4 aromatic rings. The van der Waals surface area contributed by atoms with Crippen molar-refractivity contribution in [2.24, 2.45) is 0 Å². The number of amides is 1. The number of methoxy groups -OCH3 is 1. The van der Waals surface area contributed by atoms with Crippen LogP contribution < -0.4 is 0 Å². The van der Waals surface area contributed by atoms with Crippen LogP contribution in [0.4, 0.5) is 8.78 Å². The Balaban J connectivity index is 1.63. The molecule has 1 amide bonds. The molecule has 168 valence electrons. The van der Waals surface area contributed by atoms with E-state index in [-0.39, 0.29) is 30.3 Å². The van der Waals surface area contributed by atoms with Gasteiger partial charge in [-0.05, 0) is 54.4 Å². The average Bonchev–Trinajstić information content (AvgIpc) is 3.23. The number of carbonyl (C=O) groups is 2. The number of rotatable bonds is 7. The molecular formula is C24H20F2N4O3. The van der Waals surface area contributed by atoms with Crippen molar-refractivity contribution in [2.75, 3.05) is 20.2 Å². The summed E-state index contributed by atoms with van der Waals surface area (Å²) in [7, 11) is 1.24. The Morgan fingerprint density at radius 3 is 2.52 bits per heavy atom. The number of H-pyrrole nitrogens is 1. The van der Waals surface area contributed by atoms with Gasteiger partial charge in [-0.1, -0.05) is 0 Å². The number of esters is 1. The third-order valence-electron chi connectivity index (χ3n) is 5.23.